The molecule has 0 unspecified atom stereocenters. The Morgan fingerprint density at radius 2 is 2.05 bits per heavy atom. The van der Waals surface area contributed by atoms with Crippen LogP contribution in [0.4, 0.5) is 11.4 Å². The Bertz CT molecular complexity index is 722. The van der Waals surface area contributed by atoms with Gasteiger partial charge in [-0.15, -0.1) is 0 Å². The highest BCUT2D eigenvalue weighted by atomic mass is 79.9. The molecule has 0 aliphatic rings. The first-order chi connectivity index (χ1) is 8.90. The maximum Gasteiger partial charge on any atom is 0.263 e. The summed E-state index contributed by atoms with van der Waals surface area (Å²) in [5, 5.41) is 0.0673. The molecule has 2 rings (SSSR count). The van der Waals surface area contributed by atoms with Crippen LogP contribution >= 0.6 is 27.5 Å². The van der Waals surface area contributed by atoms with E-state index in [-0.39, 0.29) is 9.92 Å². The Balaban J connectivity index is 2.41. The molecule has 0 radical (unpaired) electrons. The van der Waals surface area contributed by atoms with E-state index in [1.54, 1.807) is 0 Å². The zero-order valence-corrected chi connectivity index (χ0v) is 12.6. The van der Waals surface area contributed by atoms with Gasteiger partial charge in [-0.3, -0.25) is 9.71 Å². The van der Waals surface area contributed by atoms with Crippen molar-refractivity contribution in [3.8, 4) is 0 Å². The number of aromatic nitrogens is 1. The average molecular weight is 363 g/mol. The summed E-state index contributed by atoms with van der Waals surface area (Å²) in [6.07, 6.45) is 2.97. The van der Waals surface area contributed by atoms with Crippen LogP contribution in [0.1, 0.15) is 0 Å². The lowest BCUT2D eigenvalue weighted by Crippen LogP contribution is -2.14. The molecular formula is C11H9BrClN3O2S. The predicted molar refractivity (Wildman–Crippen MR) is 78.6 cm³/mol. The van der Waals surface area contributed by atoms with Crippen LogP contribution < -0.4 is 10.5 Å². The van der Waals surface area contributed by atoms with Crippen molar-refractivity contribution in [2.75, 3.05) is 10.5 Å². The molecule has 5 nitrogen and oxygen atoms in total. The fourth-order valence-electron chi connectivity index (χ4n) is 1.39. The van der Waals surface area contributed by atoms with Crippen molar-refractivity contribution in [2.45, 2.75) is 4.90 Å². The van der Waals surface area contributed by atoms with Crippen LogP contribution in [0.2, 0.25) is 5.02 Å². The number of pyridine rings is 1. The molecule has 0 spiro atoms. The average Bonchev–Trinajstić information content (AvgIpc) is 2.31. The lowest BCUT2D eigenvalue weighted by molar-refractivity contribution is 0.601. The number of nitrogen functional groups attached to an aromatic ring is 1. The lowest BCUT2D eigenvalue weighted by atomic mass is 10.3. The molecule has 3 N–H and O–H groups in total. The molecule has 1 aromatic carbocycles. The van der Waals surface area contributed by atoms with Gasteiger partial charge in [-0.2, -0.15) is 0 Å². The van der Waals surface area contributed by atoms with Crippen molar-refractivity contribution in [1.29, 1.82) is 0 Å². The summed E-state index contributed by atoms with van der Waals surface area (Å²) in [5.74, 6) is 0. The van der Waals surface area contributed by atoms with Gasteiger partial charge >= 0.3 is 0 Å². The number of hydrogen-bond donors (Lipinski definition) is 2. The van der Waals surface area contributed by atoms with Crippen molar-refractivity contribution in [3.05, 3.63) is 46.2 Å². The SMILES string of the molecule is Nc1ccc(S(=O)(=O)Nc2ccncc2Br)c(Cl)c1. The van der Waals surface area contributed by atoms with Gasteiger partial charge in [0.15, 0.2) is 0 Å². The molecule has 100 valence electrons. The Morgan fingerprint density at radius 3 is 2.68 bits per heavy atom. The van der Waals surface area contributed by atoms with Crippen molar-refractivity contribution >= 4 is 48.9 Å². The van der Waals surface area contributed by atoms with Crippen molar-refractivity contribution in [1.82, 2.24) is 4.98 Å². The Kier molecular flexibility index (Phi) is 3.98. The van der Waals surface area contributed by atoms with Gasteiger partial charge < -0.3 is 5.73 Å². The van der Waals surface area contributed by atoms with Crippen LogP contribution in [0.5, 0.6) is 0 Å². The molecule has 0 saturated heterocycles. The minimum absolute atomic E-state index is 0.0351. The number of sulfonamides is 1. The molecule has 2 aromatic rings. The second kappa shape index (κ2) is 5.36. The van der Waals surface area contributed by atoms with E-state index in [2.05, 4.69) is 25.6 Å². The summed E-state index contributed by atoms with van der Waals surface area (Å²) in [6.45, 7) is 0. The molecule has 0 amide bonds. The standard InChI is InChI=1S/C11H9BrClN3O2S/c12-8-6-15-4-3-10(8)16-19(17,18)11-2-1-7(14)5-9(11)13/h1-6H,14H2,(H,15,16). The zero-order valence-electron chi connectivity index (χ0n) is 9.47. The second-order valence-electron chi connectivity index (χ2n) is 3.65. The number of anilines is 2. The third kappa shape index (κ3) is 3.17. The molecule has 1 heterocycles. The number of halogens is 2. The predicted octanol–water partition coefficient (Wildman–Crippen LogP) is 2.88. The minimum atomic E-state index is -3.78. The Hall–Kier alpha value is -1.31. The first-order valence-electron chi connectivity index (χ1n) is 5.07. The van der Waals surface area contributed by atoms with Crippen molar-refractivity contribution in [2.24, 2.45) is 0 Å². The summed E-state index contributed by atoms with van der Waals surface area (Å²) in [4.78, 5) is 3.82. The third-order valence-electron chi connectivity index (χ3n) is 2.26. The molecule has 19 heavy (non-hydrogen) atoms. The first-order valence-corrected chi connectivity index (χ1v) is 7.73. The molecule has 1 aromatic heterocycles. The molecule has 8 heteroatoms. The normalized spacial score (nSPS) is 11.3. The summed E-state index contributed by atoms with van der Waals surface area (Å²) < 4.78 is 27.4. The van der Waals surface area contributed by atoms with E-state index in [1.807, 2.05) is 0 Å². The van der Waals surface area contributed by atoms with Crippen molar-refractivity contribution in [3.63, 3.8) is 0 Å². The van der Waals surface area contributed by atoms with E-state index in [4.69, 9.17) is 17.3 Å². The van der Waals surface area contributed by atoms with Gasteiger partial charge in [0.05, 0.1) is 15.2 Å². The molecule has 0 aliphatic heterocycles. The van der Waals surface area contributed by atoms with E-state index < -0.39 is 10.0 Å². The van der Waals surface area contributed by atoms with E-state index in [9.17, 15) is 8.42 Å². The van der Waals surface area contributed by atoms with Crippen LogP contribution in [0.25, 0.3) is 0 Å². The van der Waals surface area contributed by atoms with Gasteiger partial charge in [0.1, 0.15) is 4.90 Å². The summed E-state index contributed by atoms with van der Waals surface area (Å²) in [6, 6.07) is 5.75. The number of rotatable bonds is 3. The smallest absolute Gasteiger partial charge is 0.263 e. The van der Waals surface area contributed by atoms with Gasteiger partial charge in [0, 0.05) is 18.1 Å². The number of benzene rings is 1. The number of nitrogens with two attached hydrogens (primary N) is 1. The zero-order chi connectivity index (χ0) is 14.0. The number of hydrogen-bond acceptors (Lipinski definition) is 4. The molecule has 0 aliphatic carbocycles. The summed E-state index contributed by atoms with van der Waals surface area (Å²) in [7, 11) is -3.78. The third-order valence-corrected chi connectivity index (χ3v) is 4.74. The number of nitrogens with one attached hydrogen (secondary N) is 1. The van der Waals surface area contributed by atoms with Crippen LogP contribution in [0.3, 0.4) is 0 Å². The van der Waals surface area contributed by atoms with Crippen LogP contribution in [-0.4, -0.2) is 13.4 Å². The van der Waals surface area contributed by atoms with E-state index >= 15 is 0 Å². The Morgan fingerprint density at radius 1 is 1.32 bits per heavy atom. The molecule has 0 atom stereocenters. The van der Waals surface area contributed by atoms with Gasteiger partial charge in [-0.05, 0) is 40.2 Å². The van der Waals surface area contributed by atoms with Crippen LogP contribution in [0, 0.1) is 0 Å². The van der Waals surface area contributed by atoms with E-state index in [0.29, 0.717) is 15.8 Å². The van der Waals surface area contributed by atoms with E-state index in [0.717, 1.165) is 0 Å². The van der Waals surface area contributed by atoms with Crippen LogP contribution in [0.15, 0.2) is 46.0 Å². The highest BCUT2D eigenvalue weighted by Crippen LogP contribution is 2.28. The molecule has 0 saturated carbocycles. The first kappa shape index (κ1) is 14.1. The van der Waals surface area contributed by atoms with Crippen LogP contribution in [-0.2, 0) is 10.0 Å². The van der Waals surface area contributed by atoms with Gasteiger partial charge in [0.2, 0.25) is 0 Å². The molecule has 0 bridgehead atoms. The quantitative estimate of drug-likeness (QED) is 0.822. The Labute approximate surface area is 124 Å². The monoisotopic (exact) mass is 361 g/mol. The lowest BCUT2D eigenvalue weighted by Gasteiger charge is -2.10. The topological polar surface area (TPSA) is 85.1 Å². The largest absolute Gasteiger partial charge is 0.399 e. The van der Waals surface area contributed by atoms with Gasteiger partial charge in [-0.1, -0.05) is 11.6 Å². The number of nitrogens with zero attached hydrogens (tertiary/aromatic N) is 1. The summed E-state index contributed by atoms with van der Waals surface area (Å²) >= 11 is 9.11. The maximum absolute atomic E-state index is 12.2. The van der Waals surface area contributed by atoms with Gasteiger partial charge in [0.25, 0.3) is 10.0 Å². The fourth-order valence-corrected chi connectivity index (χ4v) is 3.51. The highest BCUT2D eigenvalue weighted by molar-refractivity contribution is 9.10. The second-order valence-corrected chi connectivity index (χ2v) is 6.56. The maximum atomic E-state index is 12.2. The van der Waals surface area contributed by atoms with E-state index in [1.165, 1.54) is 36.7 Å². The molecule has 0 fully saturated rings. The fraction of sp³-hybridized carbons (Fsp3) is 0. The van der Waals surface area contributed by atoms with Gasteiger partial charge in [-0.25, -0.2) is 8.42 Å². The minimum Gasteiger partial charge on any atom is -0.399 e. The highest BCUT2D eigenvalue weighted by Gasteiger charge is 2.19. The molecular weight excluding hydrogens is 354 g/mol. The van der Waals surface area contributed by atoms with Crippen molar-refractivity contribution < 1.29 is 8.42 Å². The summed E-state index contributed by atoms with van der Waals surface area (Å²) in [5.41, 5.74) is 6.31.